The molecule has 0 unspecified atom stereocenters. The van der Waals surface area contributed by atoms with Gasteiger partial charge in [-0.3, -0.25) is 10.1 Å². The first-order valence-corrected chi connectivity index (χ1v) is 10.2. The number of anilines is 1. The molecule has 0 atom stereocenters. The van der Waals surface area contributed by atoms with E-state index in [-0.39, 0.29) is 22.4 Å². The highest BCUT2D eigenvalue weighted by Gasteiger charge is 2.19. The molecule has 0 aliphatic rings. The standard InChI is InChI=1S/C17H11Cl5N2O2S/c1-6-11(19)7(2)13(21)16(12(6)20)26-5-10(25)23-17-24-15-9(27-17)4-3-8(18)14(15)22/h3-4H,5H2,1-2H3,(H,23,24,25). The molecule has 1 aromatic heterocycles. The van der Waals surface area contributed by atoms with E-state index in [1.54, 1.807) is 26.0 Å². The van der Waals surface area contributed by atoms with Crippen LogP contribution in [0.2, 0.25) is 25.1 Å². The van der Waals surface area contributed by atoms with Crippen LogP contribution in [0, 0.1) is 13.8 Å². The van der Waals surface area contributed by atoms with Crippen LogP contribution in [0.3, 0.4) is 0 Å². The Bertz CT molecular complexity index is 1040. The van der Waals surface area contributed by atoms with E-state index in [2.05, 4.69) is 10.3 Å². The Morgan fingerprint density at radius 2 is 1.67 bits per heavy atom. The van der Waals surface area contributed by atoms with E-state index in [4.69, 9.17) is 62.7 Å². The molecule has 0 aliphatic carbocycles. The average molecular weight is 485 g/mol. The molecule has 1 heterocycles. The molecule has 0 saturated carbocycles. The summed E-state index contributed by atoms with van der Waals surface area (Å²) in [6, 6.07) is 3.46. The van der Waals surface area contributed by atoms with Gasteiger partial charge in [-0.05, 0) is 37.1 Å². The number of hydrogen-bond acceptors (Lipinski definition) is 4. The summed E-state index contributed by atoms with van der Waals surface area (Å²) in [6.45, 7) is 3.19. The number of hydrogen-bond donors (Lipinski definition) is 1. The van der Waals surface area contributed by atoms with Crippen LogP contribution < -0.4 is 10.1 Å². The molecule has 1 amide bonds. The third kappa shape index (κ3) is 4.09. The largest absolute Gasteiger partial charge is 0.481 e. The first-order chi connectivity index (χ1) is 12.7. The fourth-order valence-electron chi connectivity index (χ4n) is 2.32. The smallest absolute Gasteiger partial charge is 0.264 e. The third-order valence-electron chi connectivity index (χ3n) is 3.76. The third-order valence-corrected chi connectivity index (χ3v) is 6.97. The fraction of sp³-hybridized carbons (Fsp3) is 0.176. The van der Waals surface area contributed by atoms with Crippen LogP contribution in [0.15, 0.2) is 12.1 Å². The normalized spacial score (nSPS) is 11.1. The number of fused-ring (bicyclic) bond motifs is 1. The minimum atomic E-state index is -0.423. The van der Waals surface area contributed by atoms with Crippen LogP contribution in [0.1, 0.15) is 11.1 Å². The number of benzene rings is 2. The average Bonchev–Trinajstić information content (AvgIpc) is 3.04. The van der Waals surface area contributed by atoms with Crippen molar-refractivity contribution in [2.24, 2.45) is 0 Å². The predicted octanol–water partition coefficient (Wildman–Crippen LogP) is 7.20. The van der Waals surface area contributed by atoms with Gasteiger partial charge in [0.15, 0.2) is 17.5 Å². The van der Waals surface area contributed by atoms with Crippen molar-refractivity contribution in [1.29, 1.82) is 0 Å². The van der Waals surface area contributed by atoms with Crippen molar-refractivity contribution in [2.45, 2.75) is 13.8 Å². The molecule has 0 radical (unpaired) electrons. The lowest BCUT2D eigenvalue weighted by molar-refractivity contribution is -0.118. The molecule has 3 rings (SSSR count). The van der Waals surface area contributed by atoms with Gasteiger partial charge in [-0.25, -0.2) is 4.98 Å². The highest BCUT2D eigenvalue weighted by Crippen LogP contribution is 2.42. The summed E-state index contributed by atoms with van der Waals surface area (Å²) < 4.78 is 6.33. The van der Waals surface area contributed by atoms with Crippen molar-refractivity contribution >= 4 is 90.6 Å². The number of carbonyl (C=O) groups excluding carboxylic acids is 1. The molecule has 1 N–H and O–H groups in total. The minimum absolute atomic E-state index is 0.215. The number of nitrogens with zero attached hydrogens (tertiary/aromatic N) is 1. The van der Waals surface area contributed by atoms with Crippen molar-refractivity contribution in [3.05, 3.63) is 48.4 Å². The van der Waals surface area contributed by atoms with Crippen LogP contribution >= 0.6 is 69.3 Å². The van der Waals surface area contributed by atoms with Crippen LogP contribution in [-0.4, -0.2) is 17.5 Å². The molecule has 4 nitrogen and oxygen atoms in total. The van der Waals surface area contributed by atoms with E-state index in [9.17, 15) is 4.79 Å². The van der Waals surface area contributed by atoms with Gasteiger partial charge in [0.05, 0.1) is 24.8 Å². The number of amides is 1. The van der Waals surface area contributed by atoms with E-state index in [1.807, 2.05) is 0 Å². The van der Waals surface area contributed by atoms with Crippen molar-refractivity contribution in [3.8, 4) is 5.75 Å². The van der Waals surface area contributed by atoms with Gasteiger partial charge in [0.25, 0.3) is 5.91 Å². The summed E-state index contributed by atoms with van der Waals surface area (Å²) in [6.07, 6.45) is 0. The number of nitrogens with one attached hydrogen (secondary N) is 1. The first kappa shape index (κ1) is 20.8. The van der Waals surface area contributed by atoms with E-state index in [1.165, 1.54) is 11.3 Å². The summed E-state index contributed by atoms with van der Waals surface area (Å²) in [5.41, 5.74) is 1.79. The van der Waals surface area contributed by atoms with Crippen LogP contribution in [0.25, 0.3) is 10.2 Å². The molecule has 0 aliphatic heterocycles. The zero-order valence-electron chi connectivity index (χ0n) is 13.9. The maximum absolute atomic E-state index is 12.2. The molecule has 3 aromatic rings. The lowest BCUT2D eigenvalue weighted by Crippen LogP contribution is -2.20. The van der Waals surface area contributed by atoms with Crippen molar-refractivity contribution in [1.82, 2.24) is 4.98 Å². The number of halogens is 5. The van der Waals surface area contributed by atoms with Gasteiger partial charge in [-0.15, -0.1) is 0 Å². The summed E-state index contributed by atoms with van der Waals surface area (Å²) in [5, 5.41) is 4.77. The number of thiazole rings is 1. The minimum Gasteiger partial charge on any atom is -0.481 e. The lowest BCUT2D eigenvalue weighted by Gasteiger charge is -2.15. The Morgan fingerprint density at radius 1 is 1.04 bits per heavy atom. The van der Waals surface area contributed by atoms with E-state index >= 15 is 0 Å². The lowest BCUT2D eigenvalue weighted by atomic mass is 10.1. The van der Waals surface area contributed by atoms with Gasteiger partial charge >= 0.3 is 0 Å². The quantitative estimate of drug-likeness (QED) is 0.426. The summed E-state index contributed by atoms with van der Waals surface area (Å²) in [7, 11) is 0. The van der Waals surface area contributed by atoms with Gasteiger partial charge < -0.3 is 4.74 Å². The summed E-state index contributed by atoms with van der Waals surface area (Å²) in [5.74, 6) is -0.208. The Hall–Kier alpha value is -0.950. The fourth-order valence-corrected chi connectivity index (χ4v) is 4.45. The molecular weight excluding hydrogens is 474 g/mol. The van der Waals surface area contributed by atoms with Crippen LogP contribution in [-0.2, 0) is 4.79 Å². The number of ether oxygens (including phenoxy) is 1. The number of rotatable bonds is 4. The number of aromatic nitrogens is 1. The maximum Gasteiger partial charge on any atom is 0.264 e. The van der Waals surface area contributed by atoms with E-state index in [0.717, 1.165) is 4.70 Å². The Kier molecular flexibility index (Phi) is 6.31. The van der Waals surface area contributed by atoms with Gasteiger partial charge in [-0.1, -0.05) is 69.3 Å². The van der Waals surface area contributed by atoms with Crippen molar-refractivity contribution in [2.75, 3.05) is 11.9 Å². The molecule has 0 fully saturated rings. The molecular formula is C17H11Cl5N2O2S. The molecule has 10 heteroatoms. The second-order valence-electron chi connectivity index (χ2n) is 5.59. The topological polar surface area (TPSA) is 51.2 Å². The van der Waals surface area contributed by atoms with Gasteiger partial charge in [0.1, 0.15) is 5.52 Å². The van der Waals surface area contributed by atoms with Crippen LogP contribution in [0.4, 0.5) is 5.13 Å². The predicted molar refractivity (Wildman–Crippen MR) is 115 cm³/mol. The van der Waals surface area contributed by atoms with Gasteiger partial charge in [0.2, 0.25) is 0 Å². The molecule has 2 aromatic carbocycles. The Balaban J connectivity index is 1.75. The second-order valence-corrected chi connectivity index (χ2v) is 8.53. The SMILES string of the molecule is Cc1c(Cl)c(C)c(Cl)c(OCC(=O)Nc2nc3c(Cl)c(Cl)ccc3s2)c1Cl. The Morgan fingerprint density at radius 3 is 2.30 bits per heavy atom. The maximum atomic E-state index is 12.2. The van der Waals surface area contributed by atoms with Gasteiger partial charge in [0, 0.05) is 5.02 Å². The molecule has 142 valence electrons. The Labute approximate surface area is 184 Å². The zero-order valence-corrected chi connectivity index (χ0v) is 18.5. The van der Waals surface area contributed by atoms with Crippen LogP contribution in [0.5, 0.6) is 5.75 Å². The second kappa shape index (κ2) is 8.19. The highest BCUT2D eigenvalue weighted by molar-refractivity contribution is 7.22. The zero-order chi connectivity index (χ0) is 19.9. The summed E-state index contributed by atoms with van der Waals surface area (Å²) >= 11 is 32.0. The molecule has 27 heavy (non-hydrogen) atoms. The summed E-state index contributed by atoms with van der Waals surface area (Å²) in [4.78, 5) is 16.5. The monoisotopic (exact) mass is 482 g/mol. The van der Waals surface area contributed by atoms with Gasteiger partial charge in [-0.2, -0.15) is 0 Å². The van der Waals surface area contributed by atoms with Crippen molar-refractivity contribution in [3.63, 3.8) is 0 Å². The van der Waals surface area contributed by atoms with Crippen molar-refractivity contribution < 1.29 is 9.53 Å². The first-order valence-electron chi connectivity index (χ1n) is 7.51. The highest BCUT2D eigenvalue weighted by atomic mass is 35.5. The van der Waals surface area contributed by atoms with E-state index < -0.39 is 5.91 Å². The molecule has 0 bridgehead atoms. The van der Waals surface area contributed by atoms with E-state index in [0.29, 0.717) is 36.8 Å². The number of carbonyl (C=O) groups is 1. The molecule has 0 spiro atoms. The molecule has 0 saturated heterocycles.